The van der Waals surface area contributed by atoms with Gasteiger partial charge in [-0.1, -0.05) is 0 Å². The summed E-state index contributed by atoms with van der Waals surface area (Å²) in [7, 11) is 3.52. The predicted molar refractivity (Wildman–Crippen MR) is 76.6 cm³/mol. The van der Waals surface area contributed by atoms with E-state index in [1.165, 1.54) is 0 Å². The Labute approximate surface area is 120 Å². The van der Waals surface area contributed by atoms with Crippen LogP contribution < -0.4 is 16.0 Å². The van der Waals surface area contributed by atoms with E-state index in [9.17, 15) is 9.59 Å². The van der Waals surface area contributed by atoms with Crippen LogP contribution in [-0.4, -0.2) is 69.3 Å². The van der Waals surface area contributed by atoms with E-state index in [2.05, 4.69) is 27.8 Å². The van der Waals surface area contributed by atoms with Crippen LogP contribution in [0.2, 0.25) is 0 Å². The van der Waals surface area contributed by atoms with E-state index in [4.69, 9.17) is 4.74 Å². The Kier molecular flexibility index (Phi) is 6.90. The quantitative estimate of drug-likeness (QED) is 0.575. The number of hydrogen-bond donors (Lipinski definition) is 3. The Hall–Kier alpha value is -1.18. The number of piperidine rings is 1. The van der Waals surface area contributed by atoms with E-state index in [-0.39, 0.29) is 18.0 Å². The Bertz CT molecular complexity index is 328. The number of carbonyl (C=O) groups excluding carboxylic acids is 2. The van der Waals surface area contributed by atoms with Crippen LogP contribution in [0.3, 0.4) is 0 Å². The molecule has 7 heteroatoms. The fourth-order valence-electron chi connectivity index (χ4n) is 2.13. The molecule has 1 rings (SSSR count). The fraction of sp³-hybridized carbons (Fsp3) is 0.846. The zero-order valence-corrected chi connectivity index (χ0v) is 12.6. The number of methoxy groups -OCH3 is 1. The number of nitrogens with one attached hydrogen (secondary N) is 3. The zero-order chi connectivity index (χ0) is 15.0. The van der Waals surface area contributed by atoms with Crippen molar-refractivity contribution in [3.63, 3.8) is 0 Å². The van der Waals surface area contributed by atoms with Gasteiger partial charge < -0.3 is 15.4 Å². The molecule has 1 heterocycles. The van der Waals surface area contributed by atoms with Crippen molar-refractivity contribution in [2.75, 3.05) is 46.9 Å². The van der Waals surface area contributed by atoms with Crippen molar-refractivity contribution in [3.8, 4) is 0 Å². The molecule has 3 N–H and O–H groups in total. The Balaban J connectivity index is 2.21. The summed E-state index contributed by atoms with van der Waals surface area (Å²) >= 11 is 0. The van der Waals surface area contributed by atoms with E-state index in [0.717, 1.165) is 25.9 Å². The lowest BCUT2D eigenvalue weighted by atomic mass is 9.90. The molecule has 0 radical (unpaired) electrons. The summed E-state index contributed by atoms with van der Waals surface area (Å²) in [6.45, 7) is 4.98. The van der Waals surface area contributed by atoms with Gasteiger partial charge >= 0.3 is 6.03 Å². The highest BCUT2D eigenvalue weighted by molar-refractivity contribution is 5.95. The Morgan fingerprint density at radius 2 is 1.95 bits per heavy atom. The molecule has 7 nitrogen and oxygen atoms in total. The molecule has 1 fully saturated rings. The van der Waals surface area contributed by atoms with Gasteiger partial charge in [0.1, 0.15) is 0 Å². The van der Waals surface area contributed by atoms with E-state index < -0.39 is 6.03 Å². The lowest BCUT2D eigenvalue weighted by Gasteiger charge is -2.38. The van der Waals surface area contributed by atoms with Crippen LogP contribution >= 0.6 is 0 Å². The minimum absolute atomic E-state index is 0.157. The maximum absolute atomic E-state index is 11.7. The minimum atomic E-state index is -0.468. The summed E-state index contributed by atoms with van der Waals surface area (Å²) in [6, 6.07) is -0.468. The lowest BCUT2D eigenvalue weighted by molar-refractivity contribution is -0.121. The Morgan fingerprint density at radius 1 is 1.30 bits per heavy atom. The molecule has 116 valence electrons. The van der Waals surface area contributed by atoms with E-state index in [0.29, 0.717) is 13.2 Å². The standard InChI is InChI=1S/C13H26N4O3/c1-13(14-2)4-7-17(8-5-13)10-11(18)16-12(19)15-6-9-20-3/h14H,4-10H2,1-3H3,(H2,15,16,18,19). The summed E-state index contributed by atoms with van der Waals surface area (Å²) in [5.41, 5.74) is 0.157. The third-order valence-electron chi connectivity index (χ3n) is 3.78. The van der Waals surface area contributed by atoms with Crippen LogP contribution in [0.4, 0.5) is 4.79 Å². The summed E-state index contributed by atoms with van der Waals surface area (Å²) in [5.74, 6) is -0.270. The van der Waals surface area contributed by atoms with Gasteiger partial charge in [-0.05, 0) is 26.8 Å². The Morgan fingerprint density at radius 3 is 2.50 bits per heavy atom. The molecular weight excluding hydrogens is 260 g/mol. The first kappa shape index (κ1) is 16.9. The van der Waals surface area contributed by atoms with Crippen LogP contribution in [0.15, 0.2) is 0 Å². The molecule has 0 aromatic carbocycles. The molecule has 0 saturated carbocycles. The number of imide groups is 1. The first-order valence-corrected chi connectivity index (χ1v) is 6.97. The highest BCUT2D eigenvalue weighted by Gasteiger charge is 2.28. The lowest BCUT2D eigenvalue weighted by Crippen LogP contribution is -2.52. The molecule has 1 aliphatic rings. The average Bonchev–Trinajstić information content (AvgIpc) is 2.42. The average molecular weight is 286 g/mol. The first-order chi connectivity index (χ1) is 9.49. The van der Waals surface area contributed by atoms with Gasteiger partial charge in [0.25, 0.3) is 0 Å². The van der Waals surface area contributed by atoms with Gasteiger partial charge in [0.15, 0.2) is 0 Å². The fourth-order valence-corrected chi connectivity index (χ4v) is 2.13. The van der Waals surface area contributed by atoms with Crippen molar-refractivity contribution in [2.24, 2.45) is 0 Å². The van der Waals surface area contributed by atoms with Crippen molar-refractivity contribution < 1.29 is 14.3 Å². The monoisotopic (exact) mass is 286 g/mol. The van der Waals surface area contributed by atoms with Gasteiger partial charge in [-0.25, -0.2) is 4.79 Å². The third-order valence-corrected chi connectivity index (χ3v) is 3.78. The van der Waals surface area contributed by atoms with E-state index >= 15 is 0 Å². The second-order valence-electron chi connectivity index (χ2n) is 5.38. The summed E-state index contributed by atoms with van der Waals surface area (Å²) < 4.78 is 4.81. The minimum Gasteiger partial charge on any atom is -0.383 e. The number of nitrogens with zero attached hydrogens (tertiary/aromatic N) is 1. The molecule has 0 atom stereocenters. The van der Waals surface area contributed by atoms with Gasteiger partial charge in [-0.3, -0.25) is 15.0 Å². The van der Waals surface area contributed by atoms with Crippen LogP contribution in [-0.2, 0) is 9.53 Å². The molecule has 1 saturated heterocycles. The molecule has 0 spiro atoms. The van der Waals surface area contributed by atoms with Gasteiger partial charge in [-0.15, -0.1) is 0 Å². The number of ether oxygens (including phenoxy) is 1. The molecular formula is C13H26N4O3. The van der Waals surface area contributed by atoms with Crippen LogP contribution in [0.5, 0.6) is 0 Å². The molecule has 0 aromatic rings. The largest absolute Gasteiger partial charge is 0.383 e. The van der Waals surface area contributed by atoms with Gasteiger partial charge in [0, 0.05) is 32.3 Å². The molecule has 1 aliphatic heterocycles. The predicted octanol–water partition coefficient (Wildman–Crippen LogP) is -0.467. The zero-order valence-electron chi connectivity index (χ0n) is 12.6. The SMILES string of the molecule is CNC1(C)CCN(CC(=O)NC(=O)NCCOC)CC1. The van der Waals surface area contributed by atoms with Crippen LogP contribution in [0.25, 0.3) is 0 Å². The molecule has 20 heavy (non-hydrogen) atoms. The topological polar surface area (TPSA) is 82.7 Å². The highest BCUT2D eigenvalue weighted by Crippen LogP contribution is 2.20. The number of likely N-dealkylation sites (tertiary alicyclic amines) is 1. The van der Waals surface area contributed by atoms with Crippen molar-refractivity contribution >= 4 is 11.9 Å². The molecule has 3 amide bonds. The van der Waals surface area contributed by atoms with Crippen LogP contribution in [0.1, 0.15) is 19.8 Å². The second-order valence-corrected chi connectivity index (χ2v) is 5.38. The number of rotatable bonds is 6. The second kappa shape index (κ2) is 8.18. The molecule has 0 unspecified atom stereocenters. The molecule has 0 aliphatic carbocycles. The highest BCUT2D eigenvalue weighted by atomic mass is 16.5. The maximum atomic E-state index is 11.7. The van der Waals surface area contributed by atoms with Gasteiger partial charge in [0.05, 0.1) is 13.2 Å². The molecule has 0 bridgehead atoms. The van der Waals surface area contributed by atoms with Crippen LogP contribution in [0, 0.1) is 0 Å². The van der Waals surface area contributed by atoms with Crippen molar-refractivity contribution in [1.82, 2.24) is 20.9 Å². The number of urea groups is 1. The van der Waals surface area contributed by atoms with E-state index in [1.54, 1.807) is 7.11 Å². The van der Waals surface area contributed by atoms with Gasteiger partial charge in [-0.2, -0.15) is 0 Å². The normalized spacial score (nSPS) is 18.6. The first-order valence-electron chi connectivity index (χ1n) is 6.97. The summed E-state index contributed by atoms with van der Waals surface area (Å²) in [4.78, 5) is 25.2. The number of amides is 3. The smallest absolute Gasteiger partial charge is 0.321 e. The number of carbonyl (C=O) groups is 2. The van der Waals surface area contributed by atoms with E-state index in [1.807, 2.05) is 7.05 Å². The number of hydrogen-bond acceptors (Lipinski definition) is 5. The van der Waals surface area contributed by atoms with Crippen molar-refractivity contribution in [1.29, 1.82) is 0 Å². The third kappa shape index (κ3) is 5.85. The summed E-state index contributed by atoms with van der Waals surface area (Å²) in [5, 5.41) is 8.18. The van der Waals surface area contributed by atoms with Crippen molar-refractivity contribution in [2.45, 2.75) is 25.3 Å². The molecule has 0 aromatic heterocycles. The van der Waals surface area contributed by atoms with Gasteiger partial charge in [0.2, 0.25) is 5.91 Å². The summed E-state index contributed by atoms with van der Waals surface area (Å²) in [6.07, 6.45) is 1.99. The maximum Gasteiger partial charge on any atom is 0.321 e. The van der Waals surface area contributed by atoms with Crippen molar-refractivity contribution in [3.05, 3.63) is 0 Å².